The highest BCUT2D eigenvalue weighted by Gasteiger charge is 2.26. The number of rotatable bonds is 6. The van der Waals surface area contributed by atoms with Gasteiger partial charge >= 0.3 is 0 Å². The minimum atomic E-state index is -0.0728. The minimum absolute atomic E-state index is 0.0181. The van der Waals surface area contributed by atoms with Gasteiger partial charge in [0.2, 0.25) is 17.7 Å². The molecule has 0 saturated carbocycles. The van der Waals surface area contributed by atoms with E-state index < -0.39 is 0 Å². The van der Waals surface area contributed by atoms with Gasteiger partial charge in [-0.2, -0.15) is 0 Å². The summed E-state index contributed by atoms with van der Waals surface area (Å²) < 4.78 is 5.93. The molecule has 1 saturated heterocycles. The molecule has 152 valence electrons. The molecule has 0 unspecified atom stereocenters. The van der Waals surface area contributed by atoms with E-state index in [1.54, 1.807) is 11.1 Å². The van der Waals surface area contributed by atoms with Gasteiger partial charge in [-0.05, 0) is 61.6 Å². The second kappa shape index (κ2) is 9.37. The van der Waals surface area contributed by atoms with Crippen molar-refractivity contribution in [2.75, 3.05) is 13.1 Å². The number of carbonyl (C=O) groups is 2. The van der Waals surface area contributed by atoms with E-state index in [-0.39, 0.29) is 17.7 Å². The van der Waals surface area contributed by atoms with Crippen LogP contribution < -0.4 is 10.1 Å². The molecule has 1 aromatic heterocycles. The molecular formula is C23H27N3O3. The molecule has 0 bridgehead atoms. The van der Waals surface area contributed by atoms with E-state index in [1.807, 2.05) is 44.2 Å². The summed E-state index contributed by atoms with van der Waals surface area (Å²) in [7, 11) is 0. The molecule has 6 heteroatoms. The molecule has 1 N–H and O–H groups in total. The number of aromatic nitrogens is 1. The standard InChI is InChI=1S/C23H27N3O3/c1-4-22(27)26-12-9-19(10-13-26)23(28)25-15-18-8-11-24-21(14-18)29-20-7-5-6-16(2)17(20)3/h4-8,11,14,19H,1,9-10,12-13,15H2,2-3H3,(H,25,28). The lowest BCUT2D eigenvalue weighted by Gasteiger charge is -2.30. The van der Waals surface area contributed by atoms with Gasteiger partial charge in [0.15, 0.2) is 0 Å². The number of amides is 2. The van der Waals surface area contributed by atoms with Gasteiger partial charge in [0.1, 0.15) is 5.75 Å². The third kappa shape index (κ3) is 5.22. The molecule has 0 radical (unpaired) electrons. The number of carbonyl (C=O) groups excluding carboxylic acids is 2. The molecule has 0 spiro atoms. The highest BCUT2D eigenvalue weighted by Crippen LogP contribution is 2.26. The van der Waals surface area contributed by atoms with Crippen LogP contribution in [0, 0.1) is 19.8 Å². The second-order valence-corrected chi connectivity index (χ2v) is 7.32. The maximum absolute atomic E-state index is 12.5. The Morgan fingerprint density at radius 1 is 1.28 bits per heavy atom. The molecule has 1 aliphatic heterocycles. The SMILES string of the molecule is C=CC(=O)N1CCC(C(=O)NCc2ccnc(Oc3cccc(C)c3C)c2)CC1. The quantitative estimate of drug-likeness (QED) is 0.762. The molecule has 29 heavy (non-hydrogen) atoms. The van der Waals surface area contributed by atoms with Gasteiger partial charge in [-0.1, -0.05) is 18.7 Å². The number of likely N-dealkylation sites (tertiary alicyclic amines) is 1. The number of ether oxygens (including phenoxy) is 1. The van der Waals surface area contributed by atoms with Gasteiger partial charge in [-0.3, -0.25) is 9.59 Å². The fourth-order valence-corrected chi connectivity index (χ4v) is 3.39. The summed E-state index contributed by atoms with van der Waals surface area (Å²) >= 11 is 0. The Bertz CT molecular complexity index is 902. The van der Waals surface area contributed by atoms with Gasteiger partial charge in [0, 0.05) is 37.8 Å². The monoisotopic (exact) mass is 393 g/mol. The Labute approximate surface area is 171 Å². The first-order valence-corrected chi connectivity index (χ1v) is 9.86. The normalized spacial score (nSPS) is 14.3. The van der Waals surface area contributed by atoms with Crippen LogP contribution in [0.4, 0.5) is 0 Å². The number of hydrogen-bond donors (Lipinski definition) is 1. The zero-order valence-corrected chi connectivity index (χ0v) is 17.0. The highest BCUT2D eigenvalue weighted by molar-refractivity contribution is 5.87. The summed E-state index contributed by atoms with van der Waals surface area (Å²) in [6.45, 7) is 9.16. The van der Waals surface area contributed by atoms with Crippen molar-refractivity contribution >= 4 is 11.8 Å². The van der Waals surface area contributed by atoms with Gasteiger partial charge in [-0.15, -0.1) is 0 Å². The van der Waals surface area contributed by atoms with E-state index >= 15 is 0 Å². The number of nitrogens with zero attached hydrogens (tertiary/aromatic N) is 2. The Morgan fingerprint density at radius 3 is 2.76 bits per heavy atom. The van der Waals surface area contributed by atoms with Crippen LogP contribution in [0.2, 0.25) is 0 Å². The Morgan fingerprint density at radius 2 is 2.03 bits per heavy atom. The van der Waals surface area contributed by atoms with Crippen molar-refractivity contribution < 1.29 is 14.3 Å². The summed E-state index contributed by atoms with van der Waals surface area (Å²) in [6.07, 6.45) is 4.34. The first-order chi connectivity index (χ1) is 14.0. The fourth-order valence-electron chi connectivity index (χ4n) is 3.39. The number of aryl methyl sites for hydroxylation is 1. The molecule has 1 fully saturated rings. The molecule has 6 nitrogen and oxygen atoms in total. The lowest BCUT2D eigenvalue weighted by molar-refractivity contribution is -0.132. The molecule has 0 aliphatic carbocycles. The summed E-state index contributed by atoms with van der Waals surface area (Å²) in [5.41, 5.74) is 3.16. The van der Waals surface area contributed by atoms with Crippen LogP contribution in [0.25, 0.3) is 0 Å². The van der Waals surface area contributed by atoms with E-state index in [4.69, 9.17) is 4.74 Å². The minimum Gasteiger partial charge on any atom is -0.439 e. The lowest BCUT2D eigenvalue weighted by Crippen LogP contribution is -2.42. The first-order valence-electron chi connectivity index (χ1n) is 9.86. The Balaban J connectivity index is 1.54. The maximum Gasteiger partial charge on any atom is 0.245 e. The largest absolute Gasteiger partial charge is 0.439 e. The third-order valence-corrected chi connectivity index (χ3v) is 5.39. The Hall–Kier alpha value is -3.15. The van der Waals surface area contributed by atoms with E-state index in [0.717, 1.165) is 22.4 Å². The van der Waals surface area contributed by atoms with E-state index in [2.05, 4.69) is 16.9 Å². The van der Waals surface area contributed by atoms with Crippen molar-refractivity contribution in [3.63, 3.8) is 0 Å². The molecule has 2 heterocycles. The number of hydrogen-bond acceptors (Lipinski definition) is 4. The molecule has 2 aromatic rings. The first kappa shape index (κ1) is 20.6. The Kier molecular flexibility index (Phi) is 6.65. The van der Waals surface area contributed by atoms with Crippen molar-refractivity contribution in [3.05, 3.63) is 65.9 Å². The molecule has 3 rings (SSSR count). The van der Waals surface area contributed by atoms with Crippen molar-refractivity contribution in [2.24, 2.45) is 5.92 Å². The van der Waals surface area contributed by atoms with Crippen LogP contribution in [0.5, 0.6) is 11.6 Å². The van der Waals surface area contributed by atoms with Crippen molar-refractivity contribution in [2.45, 2.75) is 33.2 Å². The number of piperidine rings is 1. The fraction of sp³-hybridized carbons (Fsp3) is 0.348. The topological polar surface area (TPSA) is 71.5 Å². The lowest BCUT2D eigenvalue weighted by atomic mass is 9.96. The summed E-state index contributed by atoms with van der Waals surface area (Å²) in [4.78, 5) is 30.1. The predicted octanol–water partition coefficient (Wildman–Crippen LogP) is 3.53. The molecule has 2 amide bonds. The van der Waals surface area contributed by atoms with Crippen LogP contribution in [0.1, 0.15) is 29.5 Å². The zero-order valence-electron chi connectivity index (χ0n) is 17.0. The van der Waals surface area contributed by atoms with Crippen LogP contribution in [0.15, 0.2) is 49.2 Å². The van der Waals surface area contributed by atoms with Crippen molar-refractivity contribution in [1.82, 2.24) is 15.2 Å². The number of pyridine rings is 1. The molecule has 1 aliphatic rings. The summed E-state index contributed by atoms with van der Waals surface area (Å²) in [5.74, 6) is 1.15. The smallest absolute Gasteiger partial charge is 0.245 e. The third-order valence-electron chi connectivity index (χ3n) is 5.39. The summed E-state index contributed by atoms with van der Waals surface area (Å²) in [6, 6.07) is 9.62. The summed E-state index contributed by atoms with van der Waals surface area (Å²) in [5, 5.41) is 2.99. The molecular weight excluding hydrogens is 366 g/mol. The maximum atomic E-state index is 12.5. The van der Waals surface area contributed by atoms with E-state index in [9.17, 15) is 9.59 Å². The molecule has 1 aromatic carbocycles. The average molecular weight is 393 g/mol. The van der Waals surface area contributed by atoms with Gasteiger partial charge in [-0.25, -0.2) is 4.98 Å². The average Bonchev–Trinajstić information content (AvgIpc) is 2.75. The van der Waals surface area contributed by atoms with Gasteiger partial charge < -0.3 is 15.0 Å². The van der Waals surface area contributed by atoms with E-state index in [0.29, 0.717) is 38.4 Å². The van der Waals surface area contributed by atoms with Crippen LogP contribution in [-0.2, 0) is 16.1 Å². The van der Waals surface area contributed by atoms with Crippen LogP contribution in [-0.4, -0.2) is 34.8 Å². The number of benzene rings is 1. The zero-order chi connectivity index (χ0) is 20.8. The molecule has 0 atom stereocenters. The number of nitrogens with one attached hydrogen (secondary N) is 1. The van der Waals surface area contributed by atoms with E-state index in [1.165, 1.54) is 6.08 Å². The van der Waals surface area contributed by atoms with Crippen molar-refractivity contribution in [3.8, 4) is 11.6 Å². The van der Waals surface area contributed by atoms with Gasteiger partial charge in [0.25, 0.3) is 0 Å². The second-order valence-electron chi connectivity index (χ2n) is 7.32. The van der Waals surface area contributed by atoms with Crippen LogP contribution >= 0.6 is 0 Å². The van der Waals surface area contributed by atoms with Gasteiger partial charge in [0.05, 0.1) is 0 Å². The van der Waals surface area contributed by atoms with Crippen LogP contribution in [0.3, 0.4) is 0 Å². The predicted molar refractivity (Wildman–Crippen MR) is 112 cm³/mol. The highest BCUT2D eigenvalue weighted by atomic mass is 16.5. The van der Waals surface area contributed by atoms with Crippen molar-refractivity contribution in [1.29, 1.82) is 0 Å².